The zero-order chi connectivity index (χ0) is 22.0. The molecule has 9 heteroatoms. The van der Waals surface area contributed by atoms with E-state index < -0.39 is 16.1 Å². The number of sulfonamides is 1. The fraction of sp³-hybridized carbons (Fsp3) is 0.182. The van der Waals surface area contributed by atoms with Crippen LogP contribution in [0.3, 0.4) is 0 Å². The molecule has 0 saturated heterocycles. The molecule has 0 aliphatic heterocycles. The maximum Gasteiger partial charge on any atom is 0.322 e. The smallest absolute Gasteiger partial charge is 0.322 e. The van der Waals surface area contributed by atoms with Crippen molar-refractivity contribution in [2.24, 2.45) is 0 Å². The van der Waals surface area contributed by atoms with E-state index in [1.54, 1.807) is 41.8 Å². The van der Waals surface area contributed by atoms with Gasteiger partial charge in [0.2, 0.25) is 10.0 Å². The number of nitrogens with zero attached hydrogens (tertiary/aromatic N) is 3. The lowest BCUT2D eigenvalue weighted by molar-refractivity contribution is 0.408. The Hall–Kier alpha value is -3.43. The Kier molecular flexibility index (Phi) is 5.62. The maximum atomic E-state index is 12.8. The van der Waals surface area contributed by atoms with Gasteiger partial charge in [0.25, 0.3) is 0 Å². The van der Waals surface area contributed by atoms with Gasteiger partial charge in [0, 0.05) is 24.3 Å². The van der Waals surface area contributed by atoms with Gasteiger partial charge in [-0.3, -0.25) is 4.57 Å². The standard InChI is InChI=1S/C22H23N5O3S/c1-4-16-6-10-19(11-7-16)31(28,29)26-15(3)21-24-25-22(27(21)5-2)30-18-9-8-17-12-13-23-20(17)14-18/h4,6-15,23,26H,1,5H2,2-3H3/t15-/m1/s1. The van der Waals surface area contributed by atoms with Gasteiger partial charge in [0.05, 0.1) is 10.9 Å². The van der Waals surface area contributed by atoms with E-state index in [0.717, 1.165) is 16.5 Å². The van der Waals surface area contributed by atoms with E-state index in [9.17, 15) is 8.42 Å². The van der Waals surface area contributed by atoms with Crippen molar-refractivity contribution in [3.05, 3.63) is 72.7 Å². The van der Waals surface area contributed by atoms with E-state index in [2.05, 4.69) is 26.5 Å². The van der Waals surface area contributed by atoms with Crippen LogP contribution >= 0.6 is 0 Å². The number of ether oxygens (including phenoxy) is 1. The molecule has 0 unspecified atom stereocenters. The molecule has 2 aromatic heterocycles. The van der Waals surface area contributed by atoms with Crippen molar-refractivity contribution >= 4 is 27.0 Å². The van der Waals surface area contributed by atoms with Crippen LogP contribution in [0.1, 0.15) is 31.3 Å². The van der Waals surface area contributed by atoms with Crippen molar-refractivity contribution in [3.8, 4) is 11.8 Å². The molecule has 31 heavy (non-hydrogen) atoms. The molecule has 0 saturated carbocycles. The third kappa shape index (κ3) is 4.23. The van der Waals surface area contributed by atoms with Crippen molar-refractivity contribution in [2.75, 3.05) is 0 Å². The van der Waals surface area contributed by atoms with Gasteiger partial charge in [0.1, 0.15) is 5.75 Å². The van der Waals surface area contributed by atoms with Crippen LogP contribution in [0.5, 0.6) is 11.8 Å². The number of hydrogen-bond acceptors (Lipinski definition) is 5. The summed E-state index contributed by atoms with van der Waals surface area (Å²) in [6, 6.07) is 13.8. The Morgan fingerprint density at radius 3 is 2.68 bits per heavy atom. The molecule has 1 atom stereocenters. The number of aromatic amines is 1. The number of hydrogen-bond donors (Lipinski definition) is 2. The summed E-state index contributed by atoms with van der Waals surface area (Å²) in [7, 11) is -3.74. The summed E-state index contributed by atoms with van der Waals surface area (Å²) < 4.78 is 35.9. The first-order valence-corrected chi connectivity index (χ1v) is 11.3. The molecule has 0 bridgehead atoms. The second-order valence-electron chi connectivity index (χ2n) is 7.03. The predicted molar refractivity (Wildman–Crippen MR) is 119 cm³/mol. The normalized spacial score (nSPS) is 12.7. The quantitative estimate of drug-likeness (QED) is 0.429. The van der Waals surface area contributed by atoms with Crippen molar-refractivity contribution in [1.29, 1.82) is 0 Å². The molecule has 0 aliphatic carbocycles. The van der Waals surface area contributed by atoms with Crippen LogP contribution in [0, 0.1) is 0 Å². The molecule has 0 amide bonds. The first kappa shape index (κ1) is 20.8. The van der Waals surface area contributed by atoms with Crippen LogP contribution in [0.2, 0.25) is 0 Å². The topological polar surface area (TPSA) is 102 Å². The van der Waals surface area contributed by atoms with Gasteiger partial charge in [-0.25, -0.2) is 13.1 Å². The molecule has 0 spiro atoms. The molecule has 4 rings (SSSR count). The highest BCUT2D eigenvalue weighted by atomic mass is 32.2. The van der Waals surface area contributed by atoms with Crippen molar-refractivity contribution in [2.45, 2.75) is 31.3 Å². The lowest BCUT2D eigenvalue weighted by Crippen LogP contribution is -2.29. The molecule has 4 aromatic rings. The van der Waals surface area contributed by atoms with Gasteiger partial charge < -0.3 is 9.72 Å². The molecule has 8 nitrogen and oxygen atoms in total. The molecule has 2 heterocycles. The van der Waals surface area contributed by atoms with E-state index in [1.807, 2.05) is 37.4 Å². The highest BCUT2D eigenvalue weighted by molar-refractivity contribution is 7.89. The highest BCUT2D eigenvalue weighted by Gasteiger charge is 2.24. The zero-order valence-corrected chi connectivity index (χ0v) is 18.1. The lowest BCUT2D eigenvalue weighted by atomic mass is 10.2. The summed E-state index contributed by atoms with van der Waals surface area (Å²) in [6.07, 6.45) is 3.52. The Bertz CT molecular complexity index is 1320. The SMILES string of the molecule is C=Cc1ccc(S(=O)(=O)N[C@H](C)c2nnc(Oc3ccc4cc[nH]c4c3)n2CC)cc1. The highest BCUT2D eigenvalue weighted by Crippen LogP contribution is 2.26. The average molecular weight is 438 g/mol. The van der Waals surface area contributed by atoms with Crippen LogP contribution in [-0.2, 0) is 16.6 Å². The van der Waals surface area contributed by atoms with Gasteiger partial charge in [-0.2, -0.15) is 0 Å². The number of nitrogens with one attached hydrogen (secondary N) is 2. The number of fused-ring (bicyclic) bond motifs is 1. The van der Waals surface area contributed by atoms with Gasteiger partial charge in [-0.05, 0) is 55.1 Å². The zero-order valence-electron chi connectivity index (χ0n) is 17.2. The minimum Gasteiger partial charge on any atom is -0.424 e. The van der Waals surface area contributed by atoms with Crippen LogP contribution in [0.15, 0.2) is 66.2 Å². The molecule has 0 fully saturated rings. The van der Waals surface area contributed by atoms with E-state index in [0.29, 0.717) is 24.1 Å². The Balaban J connectivity index is 1.56. The first-order valence-electron chi connectivity index (χ1n) is 9.84. The average Bonchev–Trinajstić information content (AvgIpc) is 3.39. The fourth-order valence-corrected chi connectivity index (χ4v) is 4.53. The van der Waals surface area contributed by atoms with Crippen molar-refractivity contribution in [3.63, 3.8) is 0 Å². The molecule has 0 aliphatic rings. The summed E-state index contributed by atoms with van der Waals surface area (Å²) in [5, 5.41) is 9.39. The van der Waals surface area contributed by atoms with Gasteiger partial charge in [0.15, 0.2) is 5.82 Å². The first-order chi connectivity index (χ1) is 14.9. The van der Waals surface area contributed by atoms with Crippen LogP contribution in [-0.4, -0.2) is 28.2 Å². The second kappa shape index (κ2) is 8.37. The Morgan fingerprint density at radius 1 is 1.19 bits per heavy atom. The molecule has 2 N–H and O–H groups in total. The van der Waals surface area contributed by atoms with E-state index >= 15 is 0 Å². The second-order valence-corrected chi connectivity index (χ2v) is 8.74. The van der Waals surface area contributed by atoms with E-state index in [-0.39, 0.29) is 4.90 Å². The molecular formula is C22H23N5O3S. The Labute approximate surface area is 180 Å². The summed E-state index contributed by atoms with van der Waals surface area (Å²) in [5.74, 6) is 1.07. The minimum absolute atomic E-state index is 0.170. The molecule has 160 valence electrons. The monoisotopic (exact) mass is 437 g/mol. The summed E-state index contributed by atoms with van der Waals surface area (Å²) in [5.41, 5.74) is 1.79. The van der Waals surface area contributed by atoms with E-state index in [4.69, 9.17) is 4.74 Å². The minimum atomic E-state index is -3.74. The summed E-state index contributed by atoms with van der Waals surface area (Å²) in [6.45, 7) is 7.84. The number of rotatable bonds is 8. The predicted octanol–water partition coefficient (Wildman–Crippen LogP) is 4.25. The van der Waals surface area contributed by atoms with Crippen LogP contribution in [0.4, 0.5) is 0 Å². The maximum absolute atomic E-state index is 12.8. The largest absolute Gasteiger partial charge is 0.424 e. The number of aromatic nitrogens is 4. The van der Waals surface area contributed by atoms with Gasteiger partial charge in [-0.15, -0.1) is 5.10 Å². The van der Waals surface area contributed by atoms with Gasteiger partial charge in [-0.1, -0.05) is 29.9 Å². The number of benzene rings is 2. The number of H-pyrrole nitrogens is 1. The van der Waals surface area contributed by atoms with Crippen LogP contribution in [0.25, 0.3) is 17.0 Å². The summed E-state index contributed by atoms with van der Waals surface area (Å²) in [4.78, 5) is 3.31. The van der Waals surface area contributed by atoms with Crippen molar-refractivity contribution in [1.82, 2.24) is 24.5 Å². The Morgan fingerprint density at radius 2 is 1.97 bits per heavy atom. The molecule has 0 radical (unpaired) electrons. The third-order valence-corrected chi connectivity index (χ3v) is 6.50. The summed E-state index contributed by atoms with van der Waals surface area (Å²) >= 11 is 0. The fourth-order valence-electron chi connectivity index (χ4n) is 3.33. The molecule has 2 aromatic carbocycles. The third-order valence-electron chi connectivity index (χ3n) is 4.94. The lowest BCUT2D eigenvalue weighted by Gasteiger charge is -2.15. The van der Waals surface area contributed by atoms with Crippen LogP contribution < -0.4 is 9.46 Å². The van der Waals surface area contributed by atoms with Crippen molar-refractivity contribution < 1.29 is 13.2 Å². The molecular weight excluding hydrogens is 414 g/mol. The van der Waals surface area contributed by atoms with Gasteiger partial charge >= 0.3 is 6.01 Å². The van der Waals surface area contributed by atoms with E-state index in [1.165, 1.54) is 0 Å².